The predicted octanol–water partition coefficient (Wildman–Crippen LogP) is 2.59. The van der Waals surface area contributed by atoms with Gasteiger partial charge in [0.25, 0.3) is 0 Å². The van der Waals surface area contributed by atoms with Crippen molar-refractivity contribution in [2.75, 3.05) is 12.4 Å². The Morgan fingerprint density at radius 2 is 2.15 bits per heavy atom. The highest BCUT2D eigenvalue weighted by atomic mass is 16.5. The van der Waals surface area contributed by atoms with Crippen LogP contribution in [0, 0.1) is 0 Å². The smallest absolute Gasteiger partial charge is 0.216 e. The Hall–Kier alpha value is -2.56. The Morgan fingerprint density at radius 1 is 1.25 bits per heavy atom. The third-order valence-electron chi connectivity index (χ3n) is 3.27. The largest absolute Gasteiger partial charge is 0.481 e. The van der Waals surface area contributed by atoms with E-state index < -0.39 is 0 Å². The van der Waals surface area contributed by atoms with E-state index in [1.54, 1.807) is 7.11 Å². The van der Waals surface area contributed by atoms with Crippen molar-refractivity contribution in [3.05, 3.63) is 48.5 Å². The zero-order valence-electron chi connectivity index (χ0n) is 11.5. The van der Waals surface area contributed by atoms with E-state index >= 15 is 0 Å². The van der Waals surface area contributed by atoms with E-state index in [0.717, 1.165) is 11.4 Å². The van der Waals surface area contributed by atoms with E-state index in [4.69, 9.17) is 4.74 Å². The first kappa shape index (κ1) is 12.5. The summed E-state index contributed by atoms with van der Waals surface area (Å²) < 4.78 is 7.21. The van der Waals surface area contributed by atoms with Crippen LogP contribution >= 0.6 is 0 Å². The van der Waals surface area contributed by atoms with Crippen LogP contribution in [0.25, 0.3) is 10.9 Å². The Kier molecular flexibility index (Phi) is 3.25. The fourth-order valence-corrected chi connectivity index (χ4v) is 2.27. The summed E-state index contributed by atoms with van der Waals surface area (Å²) in [7, 11) is 3.64. The molecular formula is C15H16N4O. The third-order valence-corrected chi connectivity index (χ3v) is 3.27. The molecule has 3 aromatic rings. The molecule has 20 heavy (non-hydrogen) atoms. The number of para-hydroxylation sites is 1. The number of anilines is 1. The van der Waals surface area contributed by atoms with Crippen molar-refractivity contribution >= 4 is 16.6 Å². The quantitative estimate of drug-likeness (QED) is 0.790. The summed E-state index contributed by atoms with van der Waals surface area (Å²) >= 11 is 0. The first-order valence-corrected chi connectivity index (χ1v) is 6.41. The Labute approximate surface area is 117 Å². The lowest BCUT2D eigenvalue weighted by molar-refractivity contribution is 0.396. The normalized spacial score (nSPS) is 10.7. The predicted molar refractivity (Wildman–Crippen MR) is 78.8 cm³/mol. The molecule has 2 heterocycles. The highest BCUT2D eigenvalue weighted by Gasteiger charge is 2.05. The number of rotatable bonds is 4. The maximum atomic E-state index is 5.10. The summed E-state index contributed by atoms with van der Waals surface area (Å²) in [5.74, 6) is 0.578. The number of hydrogen-bond acceptors (Lipinski definition) is 4. The molecule has 0 fully saturated rings. The van der Waals surface area contributed by atoms with Crippen LogP contribution in [0.2, 0.25) is 0 Å². The van der Waals surface area contributed by atoms with Gasteiger partial charge in [0.15, 0.2) is 0 Å². The lowest BCUT2D eigenvalue weighted by atomic mass is 10.2. The van der Waals surface area contributed by atoms with Gasteiger partial charge in [-0.05, 0) is 12.1 Å². The van der Waals surface area contributed by atoms with Crippen LogP contribution in [0.4, 0.5) is 5.69 Å². The topological polar surface area (TPSA) is 52.0 Å². The number of aryl methyl sites for hydroxylation is 1. The first-order chi connectivity index (χ1) is 9.78. The zero-order chi connectivity index (χ0) is 13.9. The van der Waals surface area contributed by atoms with Gasteiger partial charge in [-0.25, -0.2) is 9.97 Å². The van der Waals surface area contributed by atoms with Gasteiger partial charge in [-0.1, -0.05) is 12.1 Å². The Morgan fingerprint density at radius 3 is 3.00 bits per heavy atom. The second-order valence-corrected chi connectivity index (χ2v) is 4.58. The maximum Gasteiger partial charge on any atom is 0.216 e. The summed E-state index contributed by atoms with van der Waals surface area (Å²) in [6, 6.07) is 10.2. The summed E-state index contributed by atoms with van der Waals surface area (Å²) in [5.41, 5.74) is 3.17. The molecule has 0 aliphatic heterocycles. The highest BCUT2D eigenvalue weighted by Crippen LogP contribution is 2.24. The molecule has 0 unspecified atom stereocenters. The van der Waals surface area contributed by atoms with E-state index in [1.807, 2.05) is 19.2 Å². The molecule has 0 saturated carbocycles. The SMILES string of the molecule is COc1cc(CNc2cccc3ccn(C)c23)ncn1. The van der Waals surface area contributed by atoms with E-state index in [0.29, 0.717) is 12.4 Å². The number of benzene rings is 1. The number of fused-ring (bicyclic) bond motifs is 1. The van der Waals surface area contributed by atoms with Crippen molar-refractivity contribution in [3.63, 3.8) is 0 Å². The molecule has 1 N–H and O–H groups in total. The third kappa shape index (κ3) is 2.30. The fourth-order valence-electron chi connectivity index (χ4n) is 2.27. The fraction of sp³-hybridized carbons (Fsp3) is 0.200. The molecule has 0 atom stereocenters. The summed E-state index contributed by atoms with van der Waals surface area (Å²) in [4.78, 5) is 8.24. The van der Waals surface area contributed by atoms with Crippen LogP contribution in [0.3, 0.4) is 0 Å². The molecule has 1 aromatic carbocycles. The van der Waals surface area contributed by atoms with Gasteiger partial charge in [0.2, 0.25) is 5.88 Å². The molecule has 0 bridgehead atoms. The van der Waals surface area contributed by atoms with E-state index in [1.165, 1.54) is 17.2 Å². The number of methoxy groups -OCH3 is 1. The number of aromatic nitrogens is 3. The standard InChI is InChI=1S/C15H16N4O/c1-19-7-6-11-4-3-5-13(15(11)19)16-9-12-8-14(20-2)18-10-17-12/h3-8,10,16H,9H2,1-2H3. The van der Waals surface area contributed by atoms with Crippen molar-refractivity contribution in [1.82, 2.24) is 14.5 Å². The molecule has 102 valence electrons. The van der Waals surface area contributed by atoms with E-state index in [2.05, 4.69) is 44.2 Å². The Balaban J connectivity index is 1.84. The summed E-state index contributed by atoms with van der Waals surface area (Å²) in [5, 5.41) is 4.64. The maximum absolute atomic E-state index is 5.10. The van der Waals surface area contributed by atoms with Crippen molar-refractivity contribution < 1.29 is 4.74 Å². The minimum absolute atomic E-state index is 0.578. The second-order valence-electron chi connectivity index (χ2n) is 4.58. The molecule has 3 rings (SSSR count). The molecule has 0 aliphatic carbocycles. The van der Waals surface area contributed by atoms with Gasteiger partial charge < -0.3 is 14.6 Å². The van der Waals surface area contributed by atoms with Crippen molar-refractivity contribution in [2.45, 2.75) is 6.54 Å². The Bertz CT molecular complexity index is 736. The van der Waals surface area contributed by atoms with Crippen LogP contribution in [0.1, 0.15) is 5.69 Å². The molecule has 5 heteroatoms. The average Bonchev–Trinajstić information content (AvgIpc) is 2.88. The van der Waals surface area contributed by atoms with Crippen molar-refractivity contribution in [3.8, 4) is 5.88 Å². The van der Waals surface area contributed by atoms with Gasteiger partial charge in [0.05, 0.1) is 30.6 Å². The summed E-state index contributed by atoms with van der Waals surface area (Å²) in [6.07, 6.45) is 3.57. The van der Waals surface area contributed by atoms with Gasteiger partial charge >= 0.3 is 0 Å². The lowest BCUT2D eigenvalue weighted by Crippen LogP contribution is -2.04. The molecular weight excluding hydrogens is 252 g/mol. The molecule has 0 spiro atoms. The number of nitrogens with one attached hydrogen (secondary N) is 1. The minimum atomic E-state index is 0.578. The number of ether oxygens (including phenoxy) is 1. The van der Waals surface area contributed by atoms with Gasteiger partial charge in [-0.15, -0.1) is 0 Å². The van der Waals surface area contributed by atoms with Crippen molar-refractivity contribution in [2.24, 2.45) is 7.05 Å². The highest BCUT2D eigenvalue weighted by molar-refractivity contribution is 5.91. The lowest BCUT2D eigenvalue weighted by Gasteiger charge is -2.09. The molecule has 2 aromatic heterocycles. The van der Waals surface area contributed by atoms with E-state index in [9.17, 15) is 0 Å². The van der Waals surface area contributed by atoms with Crippen LogP contribution in [0.15, 0.2) is 42.9 Å². The monoisotopic (exact) mass is 268 g/mol. The van der Waals surface area contributed by atoms with E-state index in [-0.39, 0.29) is 0 Å². The van der Waals surface area contributed by atoms with Crippen LogP contribution in [-0.4, -0.2) is 21.6 Å². The first-order valence-electron chi connectivity index (χ1n) is 6.41. The molecule has 0 aliphatic rings. The summed E-state index contributed by atoms with van der Waals surface area (Å²) in [6.45, 7) is 0.628. The average molecular weight is 268 g/mol. The zero-order valence-corrected chi connectivity index (χ0v) is 11.5. The minimum Gasteiger partial charge on any atom is -0.481 e. The molecule has 0 radical (unpaired) electrons. The number of nitrogens with zero attached hydrogens (tertiary/aromatic N) is 3. The van der Waals surface area contributed by atoms with Crippen LogP contribution in [0.5, 0.6) is 5.88 Å². The van der Waals surface area contributed by atoms with Crippen LogP contribution in [-0.2, 0) is 13.6 Å². The molecule has 5 nitrogen and oxygen atoms in total. The molecule has 0 saturated heterocycles. The van der Waals surface area contributed by atoms with Gasteiger partial charge in [-0.2, -0.15) is 0 Å². The van der Waals surface area contributed by atoms with Crippen LogP contribution < -0.4 is 10.1 Å². The van der Waals surface area contributed by atoms with Gasteiger partial charge in [-0.3, -0.25) is 0 Å². The molecule has 0 amide bonds. The number of hydrogen-bond donors (Lipinski definition) is 1. The van der Waals surface area contributed by atoms with Gasteiger partial charge in [0, 0.05) is 24.7 Å². The van der Waals surface area contributed by atoms with Crippen molar-refractivity contribution in [1.29, 1.82) is 0 Å². The van der Waals surface area contributed by atoms with Gasteiger partial charge in [0.1, 0.15) is 6.33 Å². The second kappa shape index (κ2) is 5.21.